The van der Waals surface area contributed by atoms with Crippen molar-refractivity contribution in [3.05, 3.63) is 30.5 Å². The number of amides is 1. The van der Waals surface area contributed by atoms with Gasteiger partial charge in [-0.25, -0.2) is 4.79 Å². The third kappa shape index (κ3) is 1.33. The van der Waals surface area contributed by atoms with E-state index in [9.17, 15) is 4.79 Å². The molecule has 13 heavy (non-hydrogen) atoms. The SMILES string of the molecule is O=C(O)[N]c1c[nH]c2ccccc12. The number of H-pyrrole nitrogens is 1. The number of hydrogen-bond donors (Lipinski definition) is 2. The minimum atomic E-state index is -1.18. The van der Waals surface area contributed by atoms with Gasteiger partial charge in [-0.3, -0.25) is 0 Å². The summed E-state index contributed by atoms with van der Waals surface area (Å²) in [7, 11) is 0. The summed E-state index contributed by atoms with van der Waals surface area (Å²) in [5.41, 5.74) is 1.35. The number of aromatic amines is 1. The molecule has 4 nitrogen and oxygen atoms in total. The fourth-order valence-electron chi connectivity index (χ4n) is 1.25. The summed E-state index contributed by atoms with van der Waals surface area (Å²) < 4.78 is 0. The fraction of sp³-hybridized carbons (Fsp3) is 0. The Kier molecular flexibility index (Phi) is 1.66. The van der Waals surface area contributed by atoms with Crippen LogP contribution >= 0.6 is 0 Å². The summed E-state index contributed by atoms with van der Waals surface area (Å²) in [6.45, 7) is 0. The van der Waals surface area contributed by atoms with Crippen LogP contribution in [-0.2, 0) is 0 Å². The van der Waals surface area contributed by atoms with Gasteiger partial charge in [-0.15, -0.1) is 0 Å². The van der Waals surface area contributed by atoms with Crippen molar-refractivity contribution in [2.45, 2.75) is 0 Å². The Morgan fingerprint density at radius 2 is 2.15 bits per heavy atom. The van der Waals surface area contributed by atoms with E-state index in [-0.39, 0.29) is 0 Å². The molecule has 1 heterocycles. The first kappa shape index (κ1) is 7.67. The highest BCUT2D eigenvalue weighted by atomic mass is 16.4. The minimum absolute atomic E-state index is 0.461. The predicted molar refractivity (Wildman–Crippen MR) is 48.1 cm³/mol. The first-order valence-corrected chi connectivity index (χ1v) is 3.78. The molecule has 2 rings (SSSR count). The van der Waals surface area contributed by atoms with Crippen molar-refractivity contribution in [1.82, 2.24) is 10.3 Å². The van der Waals surface area contributed by atoms with Gasteiger partial charge in [-0.1, -0.05) is 18.2 Å². The standard InChI is InChI=1S/C9H7N2O2/c12-9(13)11-8-5-10-7-4-2-1-3-6(7)8/h1-5,10H,(H,12,13). The zero-order valence-electron chi connectivity index (χ0n) is 6.69. The Hall–Kier alpha value is -1.97. The number of carboxylic acid groups (broad SMARTS) is 1. The zero-order chi connectivity index (χ0) is 9.26. The molecular formula is C9H7N2O2. The molecule has 2 aromatic rings. The monoisotopic (exact) mass is 175 g/mol. The molecule has 1 amide bonds. The maximum atomic E-state index is 10.3. The van der Waals surface area contributed by atoms with E-state index in [1.807, 2.05) is 24.3 Å². The number of para-hydroxylation sites is 1. The maximum absolute atomic E-state index is 10.3. The second-order valence-electron chi connectivity index (χ2n) is 2.61. The third-order valence-corrected chi connectivity index (χ3v) is 1.78. The quantitative estimate of drug-likeness (QED) is 0.696. The summed E-state index contributed by atoms with van der Waals surface area (Å²) in [5, 5.41) is 12.7. The number of nitrogens with one attached hydrogen (secondary N) is 1. The average molecular weight is 175 g/mol. The summed E-state index contributed by atoms with van der Waals surface area (Å²) in [5.74, 6) is 0. The molecule has 0 fully saturated rings. The van der Waals surface area contributed by atoms with Crippen LogP contribution in [0.15, 0.2) is 30.5 Å². The van der Waals surface area contributed by atoms with Gasteiger partial charge in [0.25, 0.3) is 0 Å². The Balaban J connectivity index is 2.51. The van der Waals surface area contributed by atoms with Crippen LogP contribution < -0.4 is 5.32 Å². The Labute approximate surface area is 74.2 Å². The lowest BCUT2D eigenvalue weighted by molar-refractivity contribution is 0.198. The van der Waals surface area contributed by atoms with Gasteiger partial charge in [0.15, 0.2) is 0 Å². The van der Waals surface area contributed by atoms with Crippen molar-refractivity contribution >= 4 is 22.7 Å². The molecule has 1 radical (unpaired) electrons. The summed E-state index contributed by atoms with van der Waals surface area (Å²) in [6, 6.07) is 7.42. The lowest BCUT2D eigenvalue weighted by Crippen LogP contribution is -2.04. The number of benzene rings is 1. The summed E-state index contributed by atoms with van der Waals surface area (Å²) in [6.07, 6.45) is 0.406. The van der Waals surface area contributed by atoms with Gasteiger partial charge in [0, 0.05) is 17.1 Å². The van der Waals surface area contributed by atoms with Crippen molar-refractivity contribution in [3.8, 4) is 0 Å². The molecule has 0 spiro atoms. The number of nitrogens with zero attached hydrogens (tertiary/aromatic N) is 1. The number of fused-ring (bicyclic) bond motifs is 1. The van der Waals surface area contributed by atoms with Crippen LogP contribution in [0.3, 0.4) is 0 Å². The molecule has 0 aliphatic rings. The van der Waals surface area contributed by atoms with Gasteiger partial charge in [-0.2, -0.15) is 5.32 Å². The van der Waals surface area contributed by atoms with Gasteiger partial charge >= 0.3 is 6.09 Å². The lowest BCUT2D eigenvalue weighted by Gasteiger charge is -1.92. The van der Waals surface area contributed by atoms with E-state index in [1.54, 1.807) is 6.20 Å². The first-order valence-electron chi connectivity index (χ1n) is 3.78. The normalized spacial score (nSPS) is 10.2. The highest BCUT2D eigenvalue weighted by molar-refractivity contribution is 5.93. The molecule has 0 bridgehead atoms. The van der Waals surface area contributed by atoms with E-state index < -0.39 is 6.09 Å². The molecule has 0 unspecified atom stereocenters. The van der Waals surface area contributed by atoms with E-state index in [1.165, 1.54) is 0 Å². The highest BCUT2D eigenvalue weighted by Crippen LogP contribution is 2.22. The van der Waals surface area contributed by atoms with Crippen LogP contribution in [-0.4, -0.2) is 16.2 Å². The van der Waals surface area contributed by atoms with Gasteiger partial charge in [0.1, 0.15) is 0 Å². The number of aromatic nitrogens is 1. The predicted octanol–water partition coefficient (Wildman–Crippen LogP) is 2.08. The molecule has 0 aliphatic heterocycles. The molecule has 0 saturated carbocycles. The zero-order valence-corrected chi connectivity index (χ0v) is 6.69. The summed E-state index contributed by atoms with van der Waals surface area (Å²) >= 11 is 0. The molecule has 0 aliphatic carbocycles. The Morgan fingerprint density at radius 1 is 1.38 bits per heavy atom. The fourth-order valence-corrected chi connectivity index (χ4v) is 1.25. The van der Waals surface area contributed by atoms with Crippen LogP contribution in [0.25, 0.3) is 10.9 Å². The molecule has 0 saturated heterocycles. The van der Waals surface area contributed by atoms with E-state index in [4.69, 9.17) is 5.11 Å². The number of rotatable bonds is 1. The molecule has 1 aromatic heterocycles. The molecule has 65 valence electrons. The van der Waals surface area contributed by atoms with Crippen LogP contribution in [0.2, 0.25) is 0 Å². The molecule has 0 atom stereocenters. The Morgan fingerprint density at radius 3 is 2.92 bits per heavy atom. The van der Waals surface area contributed by atoms with E-state index in [0.717, 1.165) is 10.9 Å². The van der Waals surface area contributed by atoms with Gasteiger partial charge < -0.3 is 10.1 Å². The third-order valence-electron chi connectivity index (χ3n) is 1.78. The maximum Gasteiger partial charge on any atom is 0.431 e. The van der Waals surface area contributed by atoms with E-state index in [0.29, 0.717) is 5.69 Å². The molecular weight excluding hydrogens is 168 g/mol. The Bertz CT molecular complexity index is 448. The second-order valence-corrected chi connectivity index (χ2v) is 2.61. The van der Waals surface area contributed by atoms with Gasteiger partial charge in [0.2, 0.25) is 0 Å². The number of hydrogen-bond acceptors (Lipinski definition) is 1. The van der Waals surface area contributed by atoms with E-state index in [2.05, 4.69) is 10.3 Å². The minimum Gasteiger partial charge on any atom is -0.463 e. The molecule has 4 heteroatoms. The van der Waals surface area contributed by atoms with Crippen molar-refractivity contribution in [2.75, 3.05) is 0 Å². The highest BCUT2D eigenvalue weighted by Gasteiger charge is 2.06. The van der Waals surface area contributed by atoms with Crippen molar-refractivity contribution in [2.24, 2.45) is 0 Å². The first-order chi connectivity index (χ1) is 6.27. The van der Waals surface area contributed by atoms with Crippen LogP contribution in [0.4, 0.5) is 10.5 Å². The molecule has 2 N–H and O–H groups in total. The van der Waals surface area contributed by atoms with Crippen molar-refractivity contribution in [3.63, 3.8) is 0 Å². The lowest BCUT2D eigenvalue weighted by atomic mass is 10.2. The van der Waals surface area contributed by atoms with Gasteiger partial charge in [-0.05, 0) is 6.07 Å². The topological polar surface area (TPSA) is 67.2 Å². The van der Waals surface area contributed by atoms with E-state index >= 15 is 0 Å². The van der Waals surface area contributed by atoms with Gasteiger partial charge in [0.05, 0.1) is 5.69 Å². The average Bonchev–Trinajstić information content (AvgIpc) is 2.48. The second kappa shape index (κ2) is 2.82. The van der Waals surface area contributed by atoms with Crippen molar-refractivity contribution < 1.29 is 9.90 Å². The van der Waals surface area contributed by atoms with Crippen LogP contribution in [0.5, 0.6) is 0 Å². The van der Waals surface area contributed by atoms with Crippen LogP contribution in [0, 0.1) is 0 Å². The smallest absolute Gasteiger partial charge is 0.431 e. The largest absolute Gasteiger partial charge is 0.463 e. The van der Waals surface area contributed by atoms with Crippen LogP contribution in [0.1, 0.15) is 0 Å². The molecule has 1 aromatic carbocycles. The number of carbonyl (C=O) groups is 1. The van der Waals surface area contributed by atoms with Crippen molar-refractivity contribution in [1.29, 1.82) is 0 Å². The summed E-state index contributed by atoms with van der Waals surface area (Å²) in [4.78, 5) is 13.3.